The molecule has 3 N–H and O–H groups in total. The molecule has 5 aromatic rings. The summed E-state index contributed by atoms with van der Waals surface area (Å²) in [5, 5.41) is 9.59. The number of pyridine rings is 2. The van der Waals surface area contributed by atoms with Crippen LogP contribution in [0, 0.1) is 24.5 Å². The second-order valence-corrected chi connectivity index (χ2v) is 19.4. The number of benzene rings is 2. The molecule has 0 bridgehead atoms. The maximum atomic E-state index is 16.1. The molecule has 3 atom stereocenters. The number of imide groups is 1. The van der Waals surface area contributed by atoms with Gasteiger partial charge in [0.15, 0.2) is 0 Å². The van der Waals surface area contributed by atoms with Crippen LogP contribution in [-0.2, 0) is 23.1 Å². The third kappa shape index (κ3) is 8.68. The number of halogens is 2. The zero-order valence-electron chi connectivity index (χ0n) is 39.3. The molecule has 356 valence electrons. The number of aromatic nitrogens is 3. The van der Waals surface area contributed by atoms with E-state index in [-0.39, 0.29) is 47.5 Å². The monoisotopic (exact) mass is 926 g/mol. The number of nitrogens with zero attached hydrogens (tertiary/aromatic N) is 7. The van der Waals surface area contributed by atoms with E-state index in [0.717, 1.165) is 83.8 Å². The summed E-state index contributed by atoms with van der Waals surface area (Å²) in [6.45, 7) is 12.6. The van der Waals surface area contributed by atoms with Gasteiger partial charge in [-0.05, 0) is 118 Å². The summed E-state index contributed by atoms with van der Waals surface area (Å²) in [5.41, 5.74) is 8.11. The maximum absolute atomic E-state index is 16.1. The molecule has 0 aliphatic carbocycles. The van der Waals surface area contributed by atoms with Crippen molar-refractivity contribution in [2.75, 3.05) is 74.4 Å². The number of anilines is 3. The first-order valence-corrected chi connectivity index (χ1v) is 24.2. The average molecular weight is 927 g/mol. The number of likely N-dealkylation sites (tertiary alicyclic amines) is 1. The Labute approximate surface area is 395 Å². The molecule has 3 amide bonds. The number of carbonyl (C=O) groups is 3. The molecule has 14 nitrogen and oxygen atoms in total. The molecule has 5 aliphatic heterocycles. The number of aryl methyl sites for hydroxylation is 2. The van der Waals surface area contributed by atoms with E-state index in [1.807, 2.05) is 43.3 Å². The van der Waals surface area contributed by atoms with Crippen LogP contribution in [0.4, 0.5) is 25.8 Å². The van der Waals surface area contributed by atoms with Crippen LogP contribution >= 0.6 is 0 Å². The number of rotatable bonds is 10. The Hall–Kier alpha value is -6.39. The number of hydrogen-bond donors (Lipinski definition) is 3. The fourth-order valence-electron chi connectivity index (χ4n) is 11.3. The lowest BCUT2D eigenvalue weighted by molar-refractivity contribution is -0.133. The summed E-state index contributed by atoms with van der Waals surface area (Å²) in [4.78, 5) is 64.4. The standard InChI is InChI=1S/C52H60F2N10O4/c1-31-25-36(51(67)61-18-11-34(12-19-61)30-62-23-24-63(29-32(62)2)45-7-5-37(27-40(45)53)57-43-6-8-47(65)58-50(43)66)26-41(54)48(31)35-13-20-60(21-14-35)33(3)46-28-39-44(10-17-56-49(39)59(46)4)64-22-15-42-38(52(64)68)9-16-55-42/h5,7,10,13,15,17,22,25-28,32-34,43,55,57H,6,8-9,11-12,14,16,18-21,23-24,29-30H2,1-4H3,(H,58,65,66)/t32-,33+,43+/m1/s1. The number of piperidine rings is 2. The van der Waals surface area contributed by atoms with Crippen LogP contribution in [0.5, 0.6) is 0 Å². The highest BCUT2D eigenvalue weighted by atomic mass is 19.1. The molecule has 0 saturated carbocycles. The Bertz CT molecular complexity index is 2880. The Kier molecular flexibility index (Phi) is 12.4. The second-order valence-electron chi connectivity index (χ2n) is 19.4. The Morgan fingerprint density at radius 1 is 0.926 bits per heavy atom. The lowest BCUT2D eigenvalue weighted by Crippen LogP contribution is -2.54. The lowest BCUT2D eigenvalue weighted by atomic mass is 9.92. The van der Waals surface area contributed by atoms with E-state index in [1.165, 1.54) is 12.1 Å². The minimum absolute atomic E-state index is 0.00658. The van der Waals surface area contributed by atoms with E-state index in [1.54, 1.807) is 22.9 Å². The molecule has 2 aromatic carbocycles. The first kappa shape index (κ1) is 45.4. The third-order valence-electron chi connectivity index (χ3n) is 15.2. The molecule has 68 heavy (non-hydrogen) atoms. The van der Waals surface area contributed by atoms with Crippen molar-refractivity contribution >= 4 is 51.4 Å². The van der Waals surface area contributed by atoms with Gasteiger partial charge in [-0.3, -0.25) is 38.9 Å². The normalized spacial score (nSPS) is 21.1. The molecule has 0 spiro atoms. The predicted molar refractivity (Wildman–Crippen MR) is 260 cm³/mol. The van der Waals surface area contributed by atoms with Gasteiger partial charge in [0.1, 0.15) is 23.3 Å². The number of carbonyl (C=O) groups excluding carboxylic acids is 3. The van der Waals surface area contributed by atoms with Crippen molar-refractivity contribution in [1.82, 2.24) is 34.1 Å². The van der Waals surface area contributed by atoms with Crippen LogP contribution in [0.25, 0.3) is 22.3 Å². The third-order valence-corrected chi connectivity index (χ3v) is 15.2. The smallest absolute Gasteiger partial charge is 0.260 e. The van der Waals surface area contributed by atoms with E-state index in [0.29, 0.717) is 80.4 Å². The van der Waals surface area contributed by atoms with Gasteiger partial charge in [-0.25, -0.2) is 13.8 Å². The van der Waals surface area contributed by atoms with E-state index >= 15 is 8.78 Å². The van der Waals surface area contributed by atoms with Crippen molar-refractivity contribution in [2.24, 2.45) is 13.0 Å². The van der Waals surface area contributed by atoms with Gasteiger partial charge < -0.3 is 25.0 Å². The van der Waals surface area contributed by atoms with E-state index in [4.69, 9.17) is 4.98 Å². The molecule has 8 heterocycles. The molecule has 0 radical (unpaired) electrons. The highest BCUT2D eigenvalue weighted by molar-refractivity contribution is 6.01. The molecule has 5 aliphatic rings. The van der Waals surface area contributed by atoms with Crippen LogP contribution in [0.3, 0.4) is 0 Å². The summed E-state index contributed by atoms with van der Waals surface area (Å²) < 4.78 is 35.4. The first-order valence-electron chi connectivity index (χ1n) is 24.2. The quantitative estimate of drug-likeness (QED) is 0.135. The van der Waals surface area contributed by atoms with Gasteiger partial charge in [-0.1, -0.05) is 6.08 Å². The minimum Gasteiger partial charge on any atom is -0.384 e. The van der Waals surface area contributed by atoms with Crippen LogP contribution < -0.4 is 26.4 Å². The zero-order chi connectivity index (χ0) is 47.4. The number of fused-ring (bicyclic) bond motifs is 2. The van der Waals surface area contributed by atoms with Gasteiger partial charge in [0.25, 0.3) is 11.5 Å². The molecular formula is C52H60F2N10O4. The largest absolute Gasteiger partial charge is 0.384 e. The van der Waals surface area contributed by atoms with E-state index < -0.39 is 11.9 Å². The van der Waals surface area contributed by atoms with Crippen LogP contribution in [0.15, 0.2) is 71.8 Å². The molecular weight excluding hydrogens is 867 g/mol. The van der Waals surface area contributed by atoms with Gasteiger partial charge >= 0.3 is 0 Å². The number of amides is 3. The summed E-state index contributed by atoms with van der Waals surface area (Å²) >= 11 is 0. The highest BCUT2D eigenvalue weighted by Crippen LogP contribution is 2.35. The average Bonchev–Trinajstić information content (AvgIpc) is 3.96. The zero-order valence-corrected chi connectivity index (χ0v) is 39.3. The van der Waals surface area contributed by atoms with Crippen molar-refractivity contribution in [3.05, 3.63) is 117 Å². The van der Waals surface area contributed by atoms with Crippen molar-refractivity contribution in [3.63, 3.8) is 0 Å². The molecule has 0 unspecified atom stereocenters. The Balaban J connectivity index is 0.724. The van der Waals surface area contributed by atoms with Crippen LogP contribution in [0.2, 0.25) is 0 Å². The summed E-state index contributed by atoms with van der Waals surface area (Å²) in [5.74, 6) is -1.13. The van der Waals surface area contributed by atoms with Crippen molar-refractivity contribution < 1.29 is 23.2 Å². The number of hydrogen-bond acceptors (Lipinski definition) is 10. The fourth-order valence-corrected chi connectivity index (χ4v) is 11.3. The van der Waals surface area contributed by atoms with E-state index in [2.05, 4.69) is 61.2 Å². The number of nitrogens with one attached hydrogen (secondary N) is 3. The molecule has 10 rings (SSSR count). The van der Waals surface area contributed by atoms with Crippen molar-refractivity contribution in [3.8, 4) is 5.69 Å². The molecule has 3 aromatic heterocycles. The SMILES string of the molecule is Cc1cc(C(=O)N2CCC(CN3CCN(c4ccc(N[C@H]5CCC(=O)NC5=O)cc4F)C[C@H]3C)CC2)cc(F)c1C1=CCN([C@@H](C)c2cc3c(-n4ccc5c(c4=O)CCN5)ccnc3n2C)CC1. The van der Waals surface area contributed by atoms with Gasteiger partial charge in [0.2, 0.25) is 11.8 Å². The first-order chi connectivity index (χ1) is 32.8. The predicted octanol–water partition coefficient (Wildman–Crippen LogP) is 6.41. The van der Waals surface area contributed by atoms with E-state index in [9.17, 15) is 19.2 Å². The highest BCUT2D eigenvalue weighted by Gasteiger charge is 2.32. The molecule has 16 heteroatoms. The molecule has 3 saturated heterocycles. The second kappa shape index (κ2) is 18.6. The summed E-state index contributed by atoms with van der Waals surface area (Å²) in [6, 6.07) is 13.9. The fraction of sp³-hybridized carbons (Fsp3) is 0.442. The topological polar surface area (TPSA) is 140 Å². The van der Waals surface area contributed by atoms with Crippen LogP contribution in [0.1, 0.15) is 84.7 Å². The maximum Gasteiger partial charge on any atom is 0.260 e. The van der Waals surface area contributed by atoms with Gasteiger partial charge in [0.05, 0.1) is 11.4 Å². The summed E-state index contributed by atoms with van der Waals surface area (Å²) in [7, 11) is 2.02. The Morgan fingerprint density at radius 3 is 2.49 bits per heavy atom. The van der Waals surface area contributed by atoms with Crippen molar-refractivity contribution in [2.45, 2.75) is 77.4 Å². The number of piperazine rings is 1. The summed E-state index contributed by atoms with van der Waals surface area (Å²) in [6.07, 6.45) is 9.42. The molecule has 3 fully saturated rings. The lowest BCUT2D eigenvalue weighted by Gasteiger charge is -2.43. The van der Waals surface area contributed by atoms with Gasteiger partial charge in [-0.2, -0.15) is 0 Å². The minimum atomic E-state index is -0.576. The van der Waals surface area contributed by atoms with Crippen molar-refractivity contribution in [1.29, 1.82) is 0 Å². The van der Waals surface area contributed by atoms with Crippen LogP contribution in [-0.4, -0.2) is 118 Å². The van der Waals surface area contributed by atoms with Gasteiger partial charge in [0, 0.05) is 136 Å². The Morgan fingerprint density at radius 2 is 1.75 bits per heavy atom. The van der Waals surface area contributed by atoms with Gasteiger partial charge in [-0.15, -0.1) is 0 Å².